The van der Waals surface area contributed by atoms with Gasteiger partial charge in [-0.3, -0.25) is 4.79 Å². The number of hydrogen-bond acceptors (Lipinski definition) is 2. The first kappa shape index (κ1) is 19.8. The quantitative estimate of drug-likeness (QED) is 0.454. The first-order valence-corrected chi connectivity index (χ1v) is 7.68. The highest BCUT2D eigenvalue weighted by molar-refractivity contribution is 5.87. The van der Waals surface area contributed by atoms with Crippen molar-refractivity contribution < 1.29 is 36.2 Å². The number of carbonyl (C=O) groups excluding carboxylic acids is 1. The van der Waals surface area contributed by atoms with E-state index in [1.807, 2.05) is 30.6 Å². The Bertz CT molecular complexity index is 645. The van der Waals surface area contributed by atoms with E-state index in [-0.39, 0.29) is 28.5 Å². The van der Waals surface area contributed by atoms with E-state index in [1.165, 1.54) is 0 Å². The minimum absolute atomic E-state index is 0. The van der Waals surface area contributed by atoms with Crippen LogP contribution in [0.4, 0.5) is 0 Å². The number of carboxylic acids is 1. The molecule has 5 nitrogen and oxygen atoms in total. The lowest BCUT2D eigenvalue weighted by Gasteiger charge is -2.05. The van der Waals surface area contributed by atoms with E-state index in [2.05, 4.69) is 9.88 Å². The van der Waals surface area contributed by atoms with Crippen LogP contribution in [0.2, 0.25) is 0 Å². The number of benzene rings is 1. The highest BCUT2D eigenvalue weighted by Gasteiger charge is 2.05. The third-order valence-corrected chi connectivity index (χ3v) is 3.54. The lowest BCUT2D eigenvalue weighted by Crippen LogP contribution is -3.00. The van der Waals surface area contributed by atoms with Gasteiger partial charge in [-0.15, -0.1) is 0 Å². The molecule has 1 amide bonds. The van der Waals surface area contributed by atoms with Gasteiger partial charge in [0, 0.05) is 31.5 Å². The Kier molecular flexibility index (Phi) is 8.71. The second-order valence-corrected chi connectivity index (χ2v) is 5.35. The second kappa shape index (κ2) is 10.5. The zero-order valence-electron chi connectivity index (χ0n) is 13.3. The maximum Gasteiger partial charge on any atom is 0.335 e. The lowest BCUT2D eigenvalue weighted by molar-refractivity contribution is -0.697. The van der Waals surface area contributed by atoms with Crippen molar-refractivity contribution in [3.63, 3.8) is 0 Å². The number of carboxylic acid groups (broad SMARTS) is 1. The van der Waals surface area contributed by atoms with Crippen LogP contribution >= 0.6 is 0 Å². The van der Waals surface area contributed by atoms with E-state index < -0.39 is 5.97 Å². The third-order valence-electron chi connectivity index (χ3n) is 3.54. The van der Waals surface area contributed by atoms with Gasteiger partial charge in [-0.2, -0.15) is 0 Å². The van der Waals surface area contributed by atoms with Gasteiger partial charge in [0.1, 0.15) is 6.54 Å². The summed E-state index contributed by atoms with van der Waals surface area (Å²) in [5.74, 6) is -0.928. The molecule has 0 aliphatic heterocycles. The summed E-state index contributed by atoms with van der Waals surface area (Å²) >= 11 is 0. The van der Waals surface area contributed by atoms with Crippen LogP contribution in [0.15, 0.2) is 54.9 Å². The van der Waals surface area contributed by atoms with E-state index >= 15 is 0 Å². The number of aromatic carboxylic acids is 1. The van der Waals surface area contributed by atoms with E-state index in [1.54, 1.807) is 24.3 Å². The summed E-state index contributed by atoms with van der Waals surface area (Å²) in [5.41, 5.74) is 1.14. The summed E-state index contributed by atoms with van der Waals surface area (Å²) in [6, 6.07) is 12.5. The molecule has 1 heterocycles. The molecule has 0 saturated carbocycles. The molecule has 0 unspecified atom stereocenters. The topological polar surface area (TPSA) is 70.3 Å². The van der Waals surface area contributed by atoms with Crippen molar-refractivity contribution in [2.45, 2.75) is 32.4 Å². The fourth-order valence-corrected chi connectivity index (χ4v) is 2.22. The average molecular weight is 393 g/mol. The van der Waals surface area contributed by atoms with Crippen molar-refractivity contribution in [3.8, 4) is 0 Å². The van der Waals surface area contributed by atoms with E-state index in [0.29, 0.717) is 13.0 Å². The molecule has 0 fully saturated rings. The zero-order valence-corrected chi connectivity index (χ0v) is 14.9. The van der Waals surface area contributed by atoms with Gasteiger partial charge in [0.15, 0.2) is 12.4 Å². The molecule has 1 aromatic carbocycles. The maximum absolute atomic E-state index is 11.8. The number of unbranched alkanes of at least 4 members (excludes halogenated alkanes) is 1. The van der Waals surface area contributed by atoms with Crippen molar-refractivity contribution in [1.29, 1.82) is 0 Å². The van der Waals surface area contributed by atoms with Crippen molar-refractivity contribution in [2.24, 2.45) is 0 Å². The summed E-state index contributed by atoms with van der Waals surface area (Å²) < 4.78 is 2.10. The van der Waals surface area contributed by atoms with Crippen LogP contribution in [-0.4, -0.2) is 17.0 Å². The fraction of sp³-hybridized carbons (Fsp3) is 0.278. The number of carbonyl (C=O) groups is 2. The lowest BCUT2D eigenvalue weighted by atomic mass is 10.1. The minimum Gasteiger partial charge on any atom is -1.00 e. The highest BCUT2D eigenvalue weighted by atomic mass is 79.9. The van der Waals surface area contributed by atoms with Gasteiger partial charge >= 0.3 is 5.97 Å². The number of aryl methyl sites for hydroxylation is 1. The highest BCUT2D eigenvalue weighted by Crippen LogP contribution is 2.04. The summed E-state index contributed by atoms with van der Waals surface area (Å²) in [7, 11) is 0. The van der Waals surface area contributed by atoms with Crippen LogP contribution in [0, 0.1) is 0 Å². The molecule has 0 radical (unpaired) electrons. The molecule has 1 aromatic heterocycles. The van der Waals surface area contributed by atoms with Crippen LogP contribution < -0.4 is 26.9 Å². The van der Waals surface area contributed by atoms with E-state index in [0.717, 1.165) is 24.9 Å². The van der Waals surface area contributed by atoms with E-state index in [4.69, 9.17) is 5.11 Å². The predicted molar refractivity (Wildman–Crippen MR) is 85.7 cm³/mol. The number of amides is 1. The van der Waals surface area contributed by atoms with Crippen molar-refractivity contribution in [2.75, 3.05) is 0 Å². The number of halogens is 1. The number of aromatic nitrogens is 1. The van der Waals surface area contributed by atoms with Gasteiger partial charge in [-0.05, 0) is 24.1 Å². The summed E-state index contributed by atoms with van der Waals surface area (Å²) in [4.78, 5) is 22.5. The molecule has 0 spiro atoms. The molecular weight excluding hydrogens is 372 g/mol. The first-order valence-electron chi connectivity index (χ1n) is 7.68. The second-order valence-electron chi connectivity index (χ2n) is 5.35. The molecule has 2 rings (SSSR count). The van der Waals surface area contributed by atoms with Crippen LogP contribution in [0.25, 0.3) is 0 Å². The van der Waals surface area contributed by atoms with Gasteiger partial charge in [-0.1, -0.05) is 18.2 Å². The maximum atomic E-state index is 11.8. The van der Waals surface area contributed by atoms with Crippen LogP contribution in [0.1, 0.15) is 35.2 Å². The number of nitrogens with one attached hydrogen (secondary N) is 1. The summed E-state index contributed by atoms with van der Waals surface area (Å²) in [5, 5.41) is 11.7. The van der Waals surface area contributed by atoms with Crippen LogP contribution in [0.3, 0.4) is 0 Å². The molecular formula is C18H21BrN2O3. The van der Waals surface area contributed by atoms with Crippen LogP contribution in [0.5, 0.6) is 0 Å². The molecule has 0 aliphatic carbocycles. The molecule has 0 bridgehead atoms. The fourth-order valence-electron chi connectivity index (χ4n) is 2.22. The minimum atomic E-state index is -0.947. The van der Waals surface area contributed by atoms with Gasteiger partial charge in [0.2, 0.25) is 5.91 Å². The predicted octanol–water partition coefficient (Wildman–Crippen LogP) is -0.837. The smallest absolute Gasteiger partial charge is 0.335 e. The Hall–Kier alpha value is -2.21. The van der Waals surface area contributed by atoms with Gasteiger partial charge < -0.3 is 27.4 Å². The molecule has 24 heavy (non-hydrogen) atoms. The Labute approximate surface area is 152 Å². The standard InChI is InChI=1S/C18H20N2O3.BrH/c21-17(6-2-5-13-20-11-3-1-4-12-20)19-14-15-7-9-16(10-8-15)18(22)23;/h1,3-4,7-12H,2,5-6,13-14H2,(H-,19,21,22,23);1H. The van der Waals surface area contributed by atoms with Gasteiger partial charge in [0.05, 0.1) is 5.56 Å². The SMILES string of the molecule is O=C(CCCC[n+]1ccccc1)NCc1ccc(C(=O)O)cc1.[Br-]. The third kappa shape index (κ3) is 6.91. The Morgan fingerprint density at radius 2 is 1.67 bits per heavy atom. The van der Waals surface area contributed by atoms with Crippen molar-refractivity contribution in [1.82, 2.24) is 5.32 Å². The largest absolute Gasteiger partial charge is 1.00 e. The number of hydrogen-bond donors (Lipinski definition) is 2. The first-order chi connectivity index (χ1) is 11.1. The summed E-state index contributed by atoms with van der Waals surface area (Å²) in [6.45, 7) is 1.33. The zero-order chi connectivity index (χ0) is 16.5. The summed E-state index contributed by atoms with van der Waals surface area (Å²) in [6.07, 6.45) is 6.32. The Morgan fingerprint density at radius 1 is 1.00 bits per heavy atom. The molecule has 6 heteroatoms. The molecule has 0 aliphatic rings. The van der Waals surface area contributed by atoms with E-state index in [9.17, 15) is 9.59 Å². The van der Waals surface area contributed by atoms with Gasteiger partial charge in [-0.25, -0.2) is 9.36 Å². The normalized spacial score (nSPS) is 9.83. The van der Waals surface area contributed by atoms with Crippen molar-refractivity contribution in [3.05, 3.63) is 66.0 Å². The number of pyridine rings is 1. The molecule has 0 atom stereocenters. The van der Waals surface area contributed by atoms with Gasteiger partial charge in [0.25, 0.3) is 0 Å². The van der Waals surface area contributed by atoms with Crippen LogP contribution in [-0.2, 0) is 17.9 Å². The molecule has 0 saturated heterocycles. The monoisotopic (exact) mass is 392 g/mol. The van der Waals surface area contributed by atoms with Crippen molar-refractivity contribution >= 4 is 11.9 Å². The number of nitrogens with zero attached hydrogens (tertiary/aromatic N) is 1. The molecule has 2 aromatic rings. The molecule has 128 valence electrons. The Morgan fingerprint density at radius 3 is 2.29 bits per heavy atom. The number of rotatable bonds is 8. The molecule has 2 N–H and O–H groups in total. The Balaban J connectivity index is 0.00000288. The average Bonchev–Trinajstić information content (AvgIpc) is 2.58.